The minimum Gasteiger partial charge on any atom is -0.497 e. The van der Waals surface area contributed by atoms with E-state index < -0.39 is 0 Å². The van der Waals surface area contributed by atoms with Crippen LogP contribution < -0.4 is 10.1 Å². The fourth-order valence-corrected chi connectivity index (χ4v) is 3.44. The van der Waals surface area contributed by atoms with Crippen molar-refractivity contribution in [3.8, 4) is 5.75 Å². The Bertz CT molecular complexity index is 587. The van der Waals surface area contributed by atoms with Crippen LogP contribution in [0.4, 0.5) is 0 Å². The zero-order valence-electron chi connectivity index (χ0n) is 14.5. The Morgan fingerprint density at radius 3 is 2.25 bits per heavy atom. The fraction of sp³-hybridized carbons (Fsp3) is 0.579. The topological polar surface area (TPSA) is 58.6 Å². The zero-order valence-corrected chi connectivity index (χ0v) is 14.5. The van der Waals surface area contributed by atoms with Crippen LogP contribution in [0.2, 0.25) is 0 Å². The van der Waals surface area contributed by atoms with Gasteiger partial charge in [-0.1, -0.05) is 12.1 Å². The molecule has 3 rings (SSSR count). The molecule has 1 saturated carbocycles. The maximum atomic E-state index is 12.7. The molecule has 2 fully saturated rings. The Hall–Kier alpha value is -2.04. The normalized spacial score (nSPS) is 19.7. The van der Waals surface area contributed by atoms with Crippen LogP contribution in [-0.2, 0) is 9.59 Å². The molecule has 2 aliphatic rings. The molecule has 5 nitrogen and oxygen atoms in total. The number of hydrogen-bond donors (Lipinski definition) is 1. The number of rotatable bonds is 5. The molecule has 2 amide bonds. The number of carbonyl (C=O) groups excluding carboxylic acids is 2. The predicted octanol–water partition coefficient (Wildman–Crippen LogP) is 2.52. The van der Waals surface area contributed by atoms with Crippen molar-refractivity contribution in [3.05, 3.63) is 29.8 Å². The molecule has 1 aromatic carbocycles. The minimum atomic E-state index is 0.0140. The second-order valence-corrected chi connectivity index (χ2v) is 6.88. The summed E-state index contributed by atoms with van der Waals surface area (Å²) in [5, 5.41) is 3.26. The van der Waals surface area contributed by atoms with Gasteiger partial charge in [0.15, 0.2) is 0 Å². The lowest BCUT2D eigenvalue weighted by Crippen LogP contribution is -2.43. The first-order chi connectivity index (χ1) is 11.6. The lowest BCUT2D eigenvalue weighted by Gasteiger charge is -2.31. The van der Waals surface area contributed by atoms with Crippen molar-refractivity contribution in [1.29, 1.82) is 0 Å². The summed E-state index contributed by atoms with van der Waals surface area (Å²) in [5.74, 6) is 1.62. The number of nitrogens with one attached hydrogen (secondary N) is 1. The van der Waals surface area contributed by atoms with Crippen molar-refractivity contribution in [3.63, 3.8) is 0 Å². The number of amides is 2. The number of ether oxygens (including phenoxy) is 1. The molecule has 1 atom stereocenters. The summed E-state index contributed by atoms with van der Waals surface area (Å²) in [4.78, 5) is 25.9. The van der Waals surface area contributed by atoms with Crippen molar-refractivity contribution in [1.82, 2.24) is 10.2 Å². The Labute approximate surface area is 143 Å². The molecule has 1 heterocycles. The number of benzene rings is 1. The molecule has 0 spiro atoms. The van der Waals surface area contributed by atoms with Gasteiger partial charge in [-0.2, -0.15) is 0 Å². The molecular formula is C19H26N2O3. The zero-order chi connectivity index (χ0) is 17.1. The molecule has 1 saturated heterocycles. The summed E-state index contributed by atoms with van der Waals surface area (Å²) in [5.41, 5.74) is 1.15. The smallest absolute Gasteiger partial charge is 0.223 e. The van der Waals surface area contributed by atoms with Crippen LogP contribution in [0.1, 0.15) is 44.2 Å². The Morgan fingerprint density at radius 1 is 1.12 bits per heavy atom. The Morgan fingerprint density at radius 2 is 1.75 bits per heavy atom. The maximum Gasteiger partial charge on any atom is 0.223 e. The van der Waals surface area contributed by atoms with Gasteiger partial charge in [0.05, 0.1) is 13.2 Å². The number of methoxy groups -OCH3 is 1. The predicted molar refractivity (Wildman–Crippen MR) is 91.6 cm³/mol. The maximum absolute atomic E-state index is 12.7. The molecule has 0 aromatic heterocycles. The highest BCUT2D eigenvalue weighted by Crippen LogP contribution is 2.41. The lowest BCUT2D eigenvalue weighted by atomic mass is 9.94. The van der Waals surface area contributed by atoms with Gasteiger partial charge in [-0.25, -0.2) is 0 Å². The molecule has 1 aromatic rings. The van der Waals surface area contributed by atoms with Crippen molar-refractivity contribution in [2.75, 3.05) is 20.2 Å². The van der Waals surface area contributed by atoms with E-state index in [1.165, 1.54) is 12.8 Å². The highest BCUT2D eigenvalue weighted by Gasteiger charge is 2.35. The molecule has 130 valence electrons. The van der Waals surface area contributed by atoms with Crippen LogP contribution in [0.5, 0.6) is 5.75 Å². The number of likely N-dealkylation sites (tertiary alicyclic amines) is 1. The van der Waals surface area contributed by atoms with E-state index in [4.69, 9.17) is 4.74 Å². The van der Waals surface area contributed by atoms with Crippen LogP contribution in [0.25, 0.3) is 0 Å². The lowest BCUT2D eigenvalue weighted by molar-refractivity contribution is -0.134. The van der Waals surface area contributed by atoms with Crippen LogP contribution in [-0.4, -0.2) is 36.9 Å². The Kier molecular flexibility index (Phi) is 5.07. The quantitative estimate of drug-likeness (QED) is 0.902. The van der Waals surface area contributed by atoms with E-state index in [-0.39, 0.29) is 23.8 Å². The van der Waals surface area contributed by atoms with Crippen molar-refractivity contribution in [2.24, 2.45) is 11.8 Å². The van der Waals surface area contributed by atoms with Gasteiger partial charge in [0.2, 0.25) is 11.8 Å². The molecule has 1 aliphatic carbocycles. The first-order valence-electron chi connectivity index (χ1n) is 8.78. The van der Waals surface area contributed by atoms with E-state index in [0.29, 0.717) is 19.0 Å². The van der Waals surface area contributed by atoms with Crippen LogP contribution in [0, 0.1) is 11.8 Å². The minimum absolute atomic E-state index is 0.0140. The van der Waals surface area contributed by atoms with E-state index in [2.05, 4.69) is 5.32 Å². The summed E-state index contributed by atoms with van der Waals surface area (Å²) in [7, 11) is 1.66. The molecule has 5 heteroatoms. The van der Waals surface area contributed by atoms with Gasteiger partial charge in [-0.15, -0.1) is 0 Å². The number of hydrogen-bond acceptors (Lipinski definition) is 3. The van der Waals surface area contributed by atoms with Gasteiger partial charge in [0.25, 0.3) is 0 Å². The first kappa shape index (κ1) is 16.8. The number of piperidine rings is 1. The van der Waals surface area contributed by atoms with Crippen molar-refractivity contribution in [2.45, 2.75) is 38.6 Å². The van der Waals surface area contributed by atoms with E-state index in [1.807, 2.05) is 29.2 Å². The van der Waals surface area contributed by atoms with Gasteiger partial charge in [-0.05, 0) is 49.3 Å². The van der Waals surface area contributed by atoms with E-state index in [0.717, 1.165) is 24.2 Å². The number of carbonyl (C=O) groups is 2. The molecule has 24 heavy (non-hydrogen) atoms. The van der Waals surface area contributed by atoms with Crippen molar-refractivity contribution >= 4 is 11.8 Å². The van der Waals surface area contributed by atoms with Gasteiger partial charge in [-0.3, -0.25) is 9.59 Å². The monoisotopic (exact) mass is 330 g/mol. The largest absolute Gasteiger partial charge is 0.497 e. The average molecular weight is 330 g/mol. The first-order valence-corrected chi connectivity index (χ1v) is 8.78. The van der Waals surface area contributed by atoms with Crippen LogP contribution in [0.15, 0.2) is 24.3 Å². The fourth-order valence-electron chi connectivity index (χ4n) is 3.44. The van der Waals surface area contributed by atoms with Gasteiger partial charge >= 0.3 is 0 Å². The Balaban J connectivity index is 1.61. The van der Waals surface area contributed by atoms with Crippen LogP contribution in [0.3, 0.4) is 0 Å². The van der Waals surface area contributed by atoms with Gasteiger partial charge in [0, 0.05) is 25.9 Å². The molecular weight excluding hydrogens is 304 g/mol. The molecule has 1 unspecified atom stereocenters. The third-order valence-corrected chi connectivity index (χ3v) is 5.18. The third kappa shape index (κ3) is 3.89. The second kappa shape index (κ2) is 7.24. The van der Waals surface area contributed by atoms with Crippen molar-refractivity contribution < 1.29 is 14.3 Å². The summed E-state index contributed by atoms with van der Waals surface area (Å²) >= 11 is 0. The molecule has 0 radical (unpaired) electrons. The molecule has 0 bridgehead atoms. The summed E-state index contributed by atoms with van der Waals surface area (Å²) in [6.07, 6.45) is 3.84. The van der Waals surface area contributed by atoms with E-state index >= 15 is 0 Å². The van der Waals surface area contributed by atoms with Crippen LogP contribution >= 0.6 is 0 Å². The SMILES string of the molecule is COc1ccc(C(NC(=O)C2CCN(C(C)=O)CC2)C2CC2)cc1. The third-order valence-electron chi connectivity index (χ3n) is 5.18. The number of nitrogens with zero attached hydrogens (tertiary/aromatic N) is 1. The van der Waals surface area contributed by atoms with E-state index in [1.54, 1.807) is 14.0 Å². The highest BCUT2D eigenvalue weighted by atomic mass is 16.5. The summed E-state index contributed by atoms with van der Waals surface area (Å²) in [6.45, 7) is 2.96. The van der Waals surface area contributed by atoms with E-state index in [9.17, 15) is 9.59 Å². The van der Waals surface area contributed by atoms with Gasteiger partial charge in [0.1, 0.15) is 5.75 Å². The summed E-state index contributed by atoms with van der Waals surface area (Å²) in [6, 6.07) is 8.07. The van der Waals surface area contributed by atoms with Gasteiger partial charge < -0.3 is 15.0 Å². The summed E-state index contributed by atoms with van der Waals surface area (Å²) < 4.78 is 5.21. The highest BCUT2D eigenvalue weighted by molar-refractivity contribution is 5.80. The molecule has 1 aliphatic heterocycles. The molecule has 1 N–H and O–H groups in total. The second-order valence-electron chi connectivity index (χ2n) is 6.88. The standard InChI is InChI=1S/C19H26N2O3/c1-13(22)21-11-9-16(10-12-21)19(23)20-18(14-3-4-14)15-5-7-17(24-2)8-6-15/h5-8,14,16,18H,3-4,9-12H2,1-2H3,(H,20,23). The average Bonchev–Trinajstić information content (AvgIpc) is 3.44.